The first-order valence-electron chi connectivity index (χ1n) is 12.8. The van der Waals surface area contributed by atoms with Gasteiger partial charge in [0.05, 0.1) is 23.0 Å². The third-order valence-electron chi connectivity index (χ3n) is 7.45. The van der Waals surface area contributed by atoms with Gasteiger partial charge in [0.15, 0.2) is 5.78 Å². The number of hydrogen-bond donors (Lipinski definition) is 2. The Hall–Kier alpha value is -2.32. The van der Waals surface area contributed by atoms with Crippen LogP contribution in [0.1, 0.15) is 40.2 Å². The van der Waals surface area contributed by atoms with Crippen molar-refractivity contribution in [1.82, 2.24) is 0 Å². The Morgan fingerprint density at radius 2 is 1.51 bits per heavy atom. The quantitative estimate of drug-likeness (QED) is 0.172. The van der Waals surface area contributed by atoms with Crippen molar-refractivity contribution >= 4 is 87.0 Å². The van der Waals surface area contributed by atoms with Crippen LogP contribution in [0.4, 0.5) is 11.4 Å². The normalized spacial score (nSPS) is 19.8. The van der Waals surface area contributed by atoms with Gasteiger partial charge in [0.25, 0.3) is 0 Å². The highest BCUT2D eigenvalue weighted by Crippen LogP contribution is 2.65. The second kappa shape index (κ2) is 11.8. The maximum absolute atomic E-state index is 13.1. The summed E-state index contributed by atoms with van der Waals surface area (Å²) in [4.78, 5) is 38.8. The summed E-state index contributed by atoms with van der Waals surface area (Å²) < 4.78 is 3.84. The van der Waals surface area contributed by atoms with Gasteiger partial charge >= 0.3 is 0 Å². The van der Waals surface area contributed by atoms with Crippen molar-refractivity contribution < 1.29 is 19.1 Å². The number of benzene rings is 3. The molecule has 2 unspecified atom stereocenters. The van der Waals surface area contributed by atoms with Crippen LogP contribution >= 0.6 is 58.0 Å². The Kier molecular flexibility index (Phi) is 8.64. The molecule has 0 saturated heterocycles. The molecule has 0 heterocycles. The van der Waals surface area contributed by atoms with Crippen molar-refractivity contribution in [2.24, 2.45) is 11.3 Å². The molecule has 41 heavy (non-hydrogen) atoms. The summed E-state index contributed by atoms with van der Waals surface area (Å²) in [6, 6.07) is 16.7. The van der Waals surface area contributed by atoms with E-state index >= 15 is 0 Å². The van der Waals surface area contributed by atoms with Crippen molar-refractivity contribution in [2.45, 2.75) is 29.5 Å². The minimum absolute atomic E-state index is 0.0664. The van der Waals surface area contributed by atoms with Crippen LogP contribution in [0.15, 0.2) is 60.7 Å². The van der Waals surface area contributed by atoms with Crippen LogP contribution in [0.25, 0.3) is 0 Å². The molecule has 0 spiro atoms. The summed E-state index contributed by atoms with van der Waals surface area (Å²) in [5.41, 5.74) is 2.24. The molecule has 0 radical (unpaired) electrons. The predicted molar refractivity (Wildman–Crippen MR) is 164 cm³/mol. The van der Waals surface area contributed by atoms with Crippen LogP contribution in [0.3, 0.4) is 0 Å². The van der Waals surface area contributed by atoms with Crippen molar-refractivity contribution in [2.75, 3.05) is 24.4 Å². The number of nitrogens with one attached hydrogen (secondary N) is 2. The fourth-order valence-electron chi connectivity index (χ4n) is 4.97. The third-order valence-corrected chi connectivity index (χ3v) is 9.15. The maximum atomic E-state index is 13.1. The van der Waals surface area contributed by atoms with Crippen LogP contribution in [-0.2, 0) is 20.7 Å². The number of carbonyl (C=O) groups is 3. The molecule has 5 rings (SSSR count). The molecule has 2 aliphatic carbocycles. The molecule has 6 nitrogen and oxygen atoms in total. The van der Waals surface area contributed by atoms with Gasteiger partial charge in [-0.05, 0) is 72.5 Å². The summed E-state index contributed by atoms with van der Waals surface area (Å²) in [6.07, 6.45) is 1.68. The summed E-state index contributed by atoms with van der Waals surface area (Å²) in [7, 11) is 1.58. The number of rotatable bonds is 10. The van der Waals surface area contributed by atoms with E-state index in [0.717, 1.165) is 18.4 Å². The zero-order valence-corrected chi connectivity index (χ0v) is 25.6. The maximum Gasteiger partial charge on any atom is 0.232 e. The first kappa shape index (κ1) is 30.1. The first-order chi connectivity index (χ1) is 19.4. The Labute approximate surface area is 262 Å². The zero-order valence-electron chi connectivity index (χ0n) is 21.8. The Morgan fingerprint density at radius 1 is 0.878 bits per heavy atom. The van der Waals surface area contributed by atoms with E-state index in [1.165, 1.54) is 6.07 Å². The summed E-state index contributed by atoms with van der Waals surface area (Å²) in [5, 5.41) is 6.79. The number of alkyl halides is 2. The molecule has 3 aromatic carbocycles. The van der Waals surface area contributed by atoms with Crippen LogP contribution in [0.5, 0.6) is 0 Å². The van der Waals surface area contributed by atoms with E-state index in [9.17, 15) is 14.4 Å². The fraction of sp³-hybridized carbons (Fsp3) is 0.300. The fourth-order valence-corrected chi connectivity index (χ4v) is 6.57. The van der Waals surface area contributed by atoms with Crippen molar-refractivity contribution in [1.29, 1.82) is 0 Å². The molecule has 0 aromatic heterocycles. The minimum atomic E-state index is -1.34. The van der Waals surface area contributed by atoms with Crippen LogP contribution < -0.4 is 10.6 Å². The molecule has 3 aromatic rings. The van der Waals surface area contributed by atoms with Crippen molar-refractivity contribution in [3.63, 3.8) is 0 Å². The second-order valence-electron chi connectivity index (χ2n) is 10.5. The molecular weight excluding hydrogens is 630 g/mol. The smallest absolute Gasteiger partial charge is 0.232 e. The first-order valence-corrected chi connectivity index (χ1v) is 14.7. The standard InChI is InChI=1S/C30H25Cl5N2O4/c1-41-15-29(8-9-29)28(40)37-20-4-2-16(3-5-20)10-24(38)22-14-21(6-7-23(22)33)36-27(39)26-25(30(26,34)35)17-11-18(31)13-19(32)12-17/h2-7,11-14,25-26H,8-10,15H2,1H3,(H,36,39)(H,37,40). The van der Waals surface area contributed by atoms with Gasteiger partial charge in [0.2, 0.25) is 11.8 Å². The van der Waals surface area contributed by atoms with Crippen LogP contribution in [0.2, 0.25) is 15.1 Å². The SMILES string of the molecule is COCC1(C(=O)Nc2ccc(CC(=O)c3cc(NC(=O)C4C(c5cc(Cl)cc(Cl)c5)C4(Cl)Cl)ccc3Cl)cc2)CC1. The van der Waals surface area contributed by atoms with E-state index in [1.807, 2.05) is 0 Å². The largest absolute Gasteiger partial charge is 0.384 e. The van der Waals surface area contributed by atoms with E-state index in [4.69, 9.17) is 62.7 Å². The number of Topliss-reactive ketones (excluding diaryl/α,β-unsaturated/α-hetero) is 1. The number of methoxy groups -OCH3 is 1. The van der Waals surface area contributed by atoms with Crippen LogP contribution in [-0.4, -0.2) is 35.6 Å². The number of anilines is 2. The lowest BCUT2D eigenvalue weighted by Gasteiger charge is -2.14. The predicted octanol–water partition coefficient (Wildman–Crippen LogP) is 7.96. The second-order valence-corrected chi connectivity index (χ2v) is 13.2. The van der Waals surface area contributed by atoms with Crippen molar-refractivity contribution in [3.8, 4) is 0 Å². The molecular formula is C30H25Cl5N2O4. The third kappa shape index (κ3) is 6.53. The molecule has 2 saturated carbocycles. The Morgan fingerprint density at radius 3 is 2.12 bits per heavy atom. The topological polar surface area (TPSA) is 84.5 Å². The van der Waals surface area contributed by atoms with Gasteiger partial charge in [-0.1, -0.05) is 46.9 Å². The lowest BCUT2D eigenvalue weighted by atomic mass is 10.0. The summed E-state index contributed by atoms with van der Waals surface area (Å²) in [5.74, 6) is -1.96. The van der Waals surface area contributed by atoms with Gasteiger partial charge in [-0.3, -0.25) is 14.4 Å². The van der Waals surface area contributed by atoms with Gasteiger partial charge in [0.1, 0.15) is 4.33 Å². The molecule has 11 heteroatoms. The number of amides is 2. The zero-order chi connectivity index (χ0) is 29.5. The van der Waals surface area contributed by atoms with E-state index in [2.05, 4.69) is 10.6 Å². The molecule has 2 atom stereocenters. The Balaban J connectivity index is 1.23. The van der Waals surface area contributed by atoms with Gasteiger partial charge in [-0.25, -0.2) is 0 Å². The molecule has 0 bridgehead atoms. The molecule has 0 aliphatic heterocycles. The number of halogens is 5. The van der Waals surface area contributed by atoms with E-state index in [0.29, 0.717) is 33.6 Å². The van der Waals surface area contributed by atoms with Crippen LogP contribution in [0, 0.1) is 11.3 Å². The highest BCUT2D eigenvalue weighted by Gasteiger charge is 2.67. The summed E-state index contributed by atoms with van der Waals surface area (Å²) in [6.45, 7) is 0.391. The lowest BCUT2D eigenvalue weighted by Crippen LogP contribution is -2.27. The molecule has 2 N–H and O–H groups in total. The highest BCUT2D eigenvalue weighted by molar-refractivity contribution is 6.53. The van der Waals surface area contributed by atoms with Gasteiger partial charge in [-0.15, -0.1) is 23.2 Å². The Bertz CT molecular complexity index is 1500. The number of ketones is 1. The average molecular weight is 655 g/mol. The van der Waals surface area contributed by atoms with Crippen molar-refractivity contribution in [3.05, 3.63) is 92.4 Å². The summed E-state index contributed by atoms with van der Waals surface area (Å²) >= 11 is 31.5. The van der Waals surface area contributed by atoms with Gasteiger partial charge < -0.3 is 15.4 Å². The van der Waals surface area contributed by atoms with E-state index in [1.54, 1.807) is 61.7 Å². The average Bonchev–Trinajstić information content (AvgIpc) is 3.80. The monoisotopic (exact) mass is 652 g/mol. The number of carbonyl (C=O) groups excluding carboxylic acids is 3. The molecule has 214 valence electrons. The van der Waals surface area contributed by atoms with Gasteiger partial charge in [0, 0.05) is 46.4 Å². The van der Waals surface area contributed by atoms with E-state index < -0.39 is 27.5 Å². The molecule has 2 aliphatic rings. The van der Waals surface area contributed by atoms with Gasteiger partial charge in [-0.2, -0.15) is 0 Å². The number of hydrogen-bond acceptors (Lipinski definition) is 4. The number of ether oxygens (including phenoxy) is 1. The minimum Gasteiger partial charge on any atom is -0.384 e. The van der Waals surface area contributed by atoms with E-state index in [-0.39, 0.29) is 28.7 Å². The lowest BCUT2D eigenvalue weighted by molar-refractivity contribution is -0.123. The molecule has 2 fully saturated rings. The molecule has 2 amide bonds. The highest BCUT2D eigenvalue weighted by atomic mass is 35.5.